The molecule has 0 bridgehead atoms. The highest BCUT2D eigenvalue weighted by Gasteiger charge is 2.33. The highest BCUT2D eigenvalue weighted by atomic mass is 35.5. The molecule has 5 nitrogen and oxygen atoms in total. The minimum atomic E-state index is -0.390. The normalized spacial score (nSPS) is 17.0. The van der Waals surface area contributed by atoms with Gasteiger partial charge in [0.15, 0.2) is 0 Å². The fourth-order valence-electron chi connectivity index (χ4n) is 5.37. The Balaban J connectivity index is 1.47. The van der Waals surface area contributed by atoms with Crippen LogP contribution in [0.25, 0.3) is 21.2 Å². The van der Waals surface area contributed by atoms with Crippen molar-refractivity contribution in [3.63, 3.8) is 0 Å². The molecule has 0 atom stereocenters. The van der Waals surface area contributed by atoms with E-state index < -0.39 is 5.82 Å². The Kier molecular flexibility index (Phi) is 9.49. The van der Waals surface area contributed by atoms with Crippen LogP contribution in [0.4, 0.5) is 4.39 Å². The number of pyridine rings is 1. The molecule has 0 aliphatic heterocycles. The number of rotatable bonds is 8. The number of hydrogen-bond donors (Lipinski definition) is 1. The monoisotopic (exact) mass is 631 g/mol. The highest BCUT2D eigenvalue weighted by molar-refractivity contribution is 7.22. The number of thiophene rings is 1. The predicted octanol–water partition coefficient (Wildman–Crippen LogP) is 8.93. The Morgan fingerprint density at radius 2 is 1.73 bits per heavy atom. The maximum Gasteiger partial charge on any atom is 0.266 e. The fraction of sp³-hybridized carbons (Fsp3) is 0.323. The van der Waals surface area contributed by atoms with E-state index in [1.807, 2.05) is 19.1 Å². The molecule has 2 aromatic carbocycles. The summed E-state index contributed by atoms with van der Waals surface area (Å²) in [5.41, 5.74) is 2.14. The van der Waals surface area contributed by atoms with Crippen molar-refractivity contribution in [2.45, 2.75) is 64.1 Å². The maximum atomic E-state index is 15.2. The predicted molar refractivity (Wildman–Crippen MR) is 165 cm³/mol. The van der Waals surface area contributed by atoms with Crippen LogP contribution in [0, 0.1) is 5.82 Å². The molecule has 1 saturated carbocycles. The van der Waals surface area contributed by atoms with Crippen molar-refractivity contribution in [3.8, 4) is 11.1 Å². The Morgan fingerprint density at radius 3 is 2.44 bits per heavy atom. The Bertz CT molecular complexity index is 1570. The first kappa shape index (κ1) is 29.8. The molecule has 1 aliphatic carbocycles. The molecule has 5 rings (SSSR count). The lowest BCUT2D eigenvalue weighted by atomic mass is 9.89. The Morgan fingerprint density at radius 1 is 1.00 bits per heavy atom. The van der Waals surface area contributed by atoms with E-state index in [0.29, 0.717) is 54.9 Å². The summed E-state index contributed by atoms with van der Waals surface area (Å²) in [5.74, 6) is -0.625. The first-order valence-electron chi connectivity index (χ1n) is 13.6. The van der Waals surface area contributed by atoms with E-state index >= 15 is 4.39 Å². The molecule has 1 N–H and O–H groups in total. The van der Waals surface area contributed by atoms with Gasteiger partial charge >= 0.3 is 0 Å². The molecular weight excluding hydrogens is 604 g/mol. The molecule has 41 heavy (non-hydrogen) atoms. The quantitative estimate of drug-likeness (QED) is 0.211. The van der Waals surface area contributed by atoms with Gasteiger partial charge in [-0.1, -0.05) is 53.9 Å². The summed E-state index contributed by atoms with van der Waals surface area (Å²) in [6.45, 7) is 2.04. The first-order valence-corrected chi connectivity index (χ1v) is 15.6. The number of carbonyl (C=O) groups excluding carboxylic acids is 2. The smallest absolute Gasteiger partial charge is 0.266 e. The molecule has 10 heteroatoms. The van der Waals surface area contributed by atoms with Crippen LogP contribution in [-0.2, 0) is 11.3 Å². The minimum Gasteiger partial charge on any atom is -0.353 e. The molecule has 0 spiro atoms. The molecule has 1 fully saturated rings. The second-order valence-electron chi connectivity index (χ2n) is 10.3. The summed E-state index contributed by atoms with van der Waals surface area (Å²) in [6.07, 6.45) is 7.45. The topological polar surface area (TPSA) is 62.3 Å². The maximum absolute atomic E-state index is 15.2. The van der Waals surface area contributed by atoms with Gasteiger partial charge in [0, 0.05) is 48.4 Å². The van der Waals surface area contributed by atoms with Crippen molar-refractivity contribution in [1.82, 2.24) is 15.2 Å². The number of halogens is 4. The average Bonchev–Trinajstić information content (AvgIpc) is 3.32. The molecular formula is C31H29Cl3FN3O2S. The van der Waals surface area contributed by atoms with E-state index in [2.05, 4.69) is 10.3 Å². The number of hydrogen-bond acceptors (Lipinski definition) is 4. The van der Waals surface area contributed by atoms with Gasteiger partial charge < -0.3 is 10.2 Å². The number of benzene rings is 2. The molecule has 2 aromatic heterocycles. The Labute approximate surface area is 257 Å². The van der Waals surface area contributed by atoms with Crippen LogP contribution in [0.3, 0.4) is 0 Å². The van der Waals surface area contributed by atoms with Gasteiger partial charge in [-0.15, -0.1) is 11.3 Å². The first-order chi connectivity index (χ1) is 19.8. The van der Waals surface area contributed by atoms with Gasteiger partial charge in [-0.25, -0.2) is 4.39 Å². The SMILES string of the molecule is CCCC(=O)NC1CCC(N(Cc2cc(-c3ccncc3)ccc2F)C(=O)c2sc3c(Cl)c(Cl)ccc3c2Cl)CC1. The number of amides is 2. The lowest BCUT2D eigenvalue weighted by Crippen LogP contribution is -2.46. The molecule has 0 unspecified atom stereocenters. The number of nitrogens with one attached hydrogen (secondary N) is 1. The summed E-state index contributed by atoms with van der Waals surface area (Å²) in [7, 11) is 0. The van der Waals surface area contributed by atoms with Crippen molar-refractivity contribution in [1.29, 1.82) is 0 Å². The number of carbonyl (C=O) groups is 2. The second kappa shape index (κ2) is 13.1. The van der Waals surface area contributed by atoms with Gasteiger partial charge in [0.05, 0.1) is 19.8 Å². The van der Waals surface area contributed by atoms with E-state index in [4.69, 9.17) is 34.8 Å². The minimum absolute atomic E-state index is 0.0477. The summed E-state index contributed by atoms with van der Waals surface area (Å²) < 4.78 is 15.9. The summed E-state index contributed by atoms with van der Waals surface area (Å²) in [6, 6.07) is 12.0. The van der Waals surface area contributed by atoms with Crippen molar-refractivity contribution < 1.29 is 14.0 Å². The fourth-order valence-corrected chi connectivity index (χ4v) is 7.36. The van der Waals surface area contributed by atoms with Gasteiger partial charge in [-0.05, 0) is 73.6 Å². The summed E-state index contributed by atoms with van der Waals surface area (Å²) in [5, 5.41) is 4.80. The van der Waals surface area contributed by atoms with Crippen LogP contribution in [0.1, 0.15) is 60.7 Å². The summed E-state index contributed by atoms with van der Waals surface area (Å²) in [4.78, 5) is 32.5. The van der Waals surface area contributed by atoms with E-state index in [0.717, 1.165) is 30.4 Å². The van der Waals surface area contributed by atoms with Gasteiger partial charge in [0.25, 0.3) is 5.91 Å². The molecule has 1 aliphatic rings. The van der Waals surface area contributed by atoms with E-state index in [9.17, 15) is 9.59 Å². The van der Waals surface area contributed by atoms with Gasteiger partial charge in [-0.2, -0.15) is 0 Å². The van der Waals surface area contributed by atoms with Gasteiger partial charge in [0.1, 0.15) is 10.7 Å². The average molecular weight is 633 g/mol. The van der Waals surface area contributed by atoms with Crippen LogP contribution in [0.15, 0.2) is 54.9 Å². The molecule has 214 valence electrons. The largest absolute Gasteiger partial charge is 0.353 e. The van der Waals surface area contributed by atoms with Crippen LogP contribution in [-0.4, -0.2) is 33.8 Å². The standard InChI is InChI=1S/C31H29Cl3FN3O2S/c1-2-3-26(39)37-21-5-7-22(8-6-21)38(17-20-16-19(4-11-25(20)35)18-12-14-36-15-13-18)31(40)30-27(33)23-9-10-24(32)28(34)29(23)41-30/h4,9-16,21-22H,2-3,5-8,17H2,1H3,(H,37,39). The van der Waals surface area contributed by atoms with Crippen molar-refractivity contribution in [3.05, 3.63) is 86.2 Å². The lowest BCUT2D eigenvalue weighted by Gasteiger charge is -2.37. The number of aromatic nitrogens is 1. The van der Waals surface area contributed by atoms with Crippen molar-refractivity contribution in [2.75, 3.05) is 0 Å². The highest BCUT2D eigenvalue weighted by Crippen LogP contribution is 2.43. The van der Waals surface area contributed by atoms with Crippen LogP contribution in [0.2, 0.25) is 15.1 Å². The van der Waals surface area contributed by atoms with Crippen LogP contribution >= 0.6 is 46.1 Å². The molecule has 2 heterocycles. The zero-order valence-corrected chi connectivity index (χ0v) is 25.5. The summed E-state index contributed by atoms with van der Waals surface area (Å²) >= 11 is 20.6. The van der Waals surface area contributed by atoms with E-state index in [-0.39, 0.29) is 30.4 Å². The molecule has 0 saturated heterocycles. The van der Waals surface area contributed by atoms with Gasteiger partial charge in [0.2, 0.25) is 5.91 Å². The molecule has 2 amide bonds. The van der Waals surface area contributed by atoms with Crippen molar-refractivity contribution in [2.24, 2.45) is 0 Å². The molecule has 4 aromatic rings. The van der Waals surface area contributed by atoms with Gasteiger partial charge in [-0.3, -0.25) is 14.6 Å². The lowest BCUT2D eigenvalue weighted by molar-refractivity contribution is -0.122. The van der Waals surface area contributed by atoms with Crippen molar-refractivity contribution >= 4 is 68.0 Å². The third-order valence-electron chi connectivity index (χ3n) is 7.52. The third-order valence-corrected chi connectivity index (χ3v) is 10.2. The van der Waals surface area contributed by atoms with Crippen LogP contribution in [0.5, 0.6) is 0 Å². The van der Waals surface area contributed by atoms with Crippen LogP contribution < -0.4 is 5.32 Å². The number of fused-ring (bicyclic) bond motifs is 1. The molecule has 0 radical (unpaired) electrons. The zero-order valence-electron chi connectivity index (χ0n) is 22.4. The van der Waals surface area contributed by atoms with E-state index in [1.54, 1.807) is 41.6 Å². The third kappa shape index (κ3) is 6.54. The zero-order chi connectivity index (χ0) is 29.1. The number of nitrogens with zero attached hydrogens (tertiary/aromatic N) is 2. The Hall–Kier alpha value is -2.71. The van der Waals surface area contributed by atoms with E-state index in [1.165, 1.54) is 17.4 Å². The second-order valence-corrected chi connectivity index (χ2v) is 12.5.